The van der Waals surface area contributed by atoms with E-state index >= 15 is 0 Å². The lowest BCUT2D eigenvalue weighted by atomic mass is 9.78. The molecule has 1 heterocycles. The van der Waals surface area contributed by atoms with Crippen molar-refractivity contribution in [2.24, 2.45) is 17.6 Å². The fourth-order valence-electron chi connectivity index (χ4n) is 3.83. The molecular formula is C15H28N2O2. The molecule has 0 radical (unpaired) electrons. The summed E-state index contributed by atoms with van der Waals surface area (Å²) in [7, 11) is 0. The summed E-state index contributed by atoms with van der Waals surface area (Å²) in [6, 6.07) is 0.429. The zero-order chi connectivity index (χ0) is 13.8. The van der Waals surface area contributed by atoms with E-state index < -0.39 is 0 Å². The average Bonchev–Trinajstić information content (AvgIpc) is 2.38. The molecule has 0 spiro atoms. The molecule has 1 saturated carbocycles. The molecule has 2 fully saturated rings. The van der Waals surface area contributed by atoms with Crippen LogP contribution in [0.2, 0.25) is 0 Å². The van der Waals surface area contributed by atoms with Crippen molar-refractivity contribution in [1.29, 1.82) is 0 Å². The summed E-state index contributed by atoms with van der Waals surface area (Å²) in [4.78, 5) is 14.8. The fraction of sp³-hybridized carbons (Fsp3) is 0.933. The van der Waals surface area contributed by atoms with Crippen molar-refractivity contribution in [3.05, 3.63) is 0 Å². The van der Waals surface area contributed by atoms with E-state index in [2.05, 4.69) is 6.92 Å². The molecule has 0 aromatic carbocycles. The van der Waals surface area contributed by atoms with Crippen LogP contribution in [0.5, 0.6) is 0 Å². The Kier molecular flexibility index (Phi) is 5.22. The predicted molar refractivity (Wildman–Crippen MR) is 75.5 cm³/mol. The van der Waals surface area contributed by atoms with E-state index in [4.69, 9.17) is 10.8 Å². The quantitative estimate of drug-likeness (QED) is 0.815. The van der Waals surface area contributed by atoms with Gasteiger partial charge in [0.2, 0.25) is 5.91 Å². The van der Waals surface area contributed by atoms with Crippen molar-refractivity contribution in [2.45, 2.75) is 64.0 Å². The lowest BCUT2D eigenvalue weighted by Gasteiger charge is -2.40. The van der Waals surface area contributed by atoms with E-state index in [-0.39, 0.29) is 24.6 Å². The predicted octanol–water partition coefficient (Wildman–Crippen LogP) is 1.51. The highest BCUT2D eigenvalue weighted by Gasteiger charge is 2.35. The van der Waals surface area contributed by atoms with Crippen molar-refractivity contribution < 1.29 is 9.90 Å². The normalized spacial score (nSPS) is 36.3. The number of carbonyl (C=O) groups excluding carboxylic acids is 1. The minimum absolute atomic E-state index is 0.109. The molecule has 2 aliphatic rings. The number of piperidine rings is 1. The van der Waals surface area contributed by atoms with Crippen LogP contribution in [0.4, 0.5) is 0 Å². The van der Waals surface area contributed by atoms with E-state index in [0.29, 0.717) is 11.8 Å². The Balaban J connectivity index is 2.00. The van der Waals surface area contributed by atoms with Crippen LogP contribution in [0.15, 0.2) is 0 Å². The van der Waals surface area contributed by atoms with Gasteiger partial charge in [0.15, 0.2) is 0 Å². The topological polar surface area (TPSA) is 66.6 Å². The van der Waals surface area contributed by atoms with E-state index in [1.165, 1.54) is 6.42 Å². The number of hydrogen-bond acceptors (Lipinski definition) is 3. The fourth-order valence-corrected chi connectivity index (χ4v) is 3.83. The second-order valence-corrected chi connectivity index (χ2v) is 6.46. The molecular weight excluding hydrogens is 240 g/mol. The van der Waals surface area contributed by atoms with Gasteiger partial charge < -0.3 is 15.7 Å². The third-order valence-electron chi connectivity index (χ3n) is 4.70. The minimum atomic E-state index is 0.109. The molecule has 0 aromatic rings. The highest BCUT2D eigenvalue weighted by Crippen LogP contribution is 2.31. The second kappa shape index (κ2) is 6.71. The van der Waals surface area contributed by atoms with Gasteiger partial charge in [-0.05, 0) is 50.9 Å². The van der Waals surface area contributed by atoms with Gasteiger partial charge in [0.05, 0.1) is 0 Å². The molecule has 4 atom stereocenters. The first-order valence-corrected chi connectivity index (χ1v) is 7.78. The molecule has 2 rings (SSSR count). The zero-order valence-corrected chi connectivity index (χ0v) is 12.1. The molecule has 0 bridgehead atoms. The molecule has 19 heavy (non-hydrogen) atoms. The van der Waals surface area contributed by atoms with E-state index in [0.717, 1.165) is 45.1 Å². The number of aliphatic hydroxyl groups is 1. The Labute approximate surface area is 116 Å². The van der Waals surface area contributed by atoms with Gasteiger partial charge in [0.25, 0.3) is 0 Å². The Morgan fingerprint density at radius 3 is 2.79 bits per heavy atom. The molecule has 1 aliphatic heterocycles. The van der Waals surface area contributed by atoms with Gasteiger partial charge in [-0.15, -0.1) is 0 Å². The molecule has 4 unspecified atom stereocenters. The van der Waals surface area contributed by atoms with Crippen LogP contribution in [-0.2, 0) is 4.79 Å². The number of carbonyl (C=O) groups is 1. The van der Waals surface area contributed by atoms with Gasteiger partial charge in [-0.25, -0.2) is 0 Å². The van der Waals surface area contributed by atoms with Gasteiger partial charge in [-0.2, -0.15) is 0 Å². The van der Waals surface area contributed by atoms with Crippen molar-refractivity contribution in [3.8, 4) is 0 Å². The maximum atomic E-state index is 12.7. The Hall–Kier alpha value is -0.610. The smallest absolute Gasteiger partial charge is 0.226 e. The number of aliphatic hydroxyl groups excluding tert-OH is 1. The Morgan fingerprint density at radius 2 is 2.11 bits per heavy atom. The maximum absolute atomic E-state index is 12.7. The van der Waals surface area contributed by atoms with Gasteiger partial charge in [0.1, 0.15) is 0 Å². The number of amides is 1. The van der Waals surface area contributed by atoms with Gasteiger partial charge >= 0.3 is 0 Å². The van der Waals surface area contributed by atoms with Crippen LogP contribution < -0.4 is 5.73 Å². The van der Waals surface area contributed by atoms with Crippen molar-refractivity contribution >= 4 is 5.91 Å². The van der Waals surface area contributed by atoms with Crippen LogP contribution in [0.25, 0.3) is 0 Å². The lowest BCUT2D eigenvalue weighted by molar-refractivity contribution is -0.141. The number of hydrogen-bond donors (Lipinski definition) is 2. The van der Waals surface area contributed by atoms with Crippen molar-refractivity contribution in [1.82, 2.24) is 4.90 Å². The standard InChI is InChI=1S/C15H28N2O2/c1-11-8-12(10-13(16)9-11)15(19)17-6-3-2-4-14(17)5-7-18/h11-14,18H,2-10,16H2,1H3. The van der Waals surface area contributed by atoms with E-state index in [9.17, 15) is 4.79 Å². The molecule has 1 amide bonds. The number of nitrogens with two attached hydrogens (primary N) is 1. The number of nitrogens with zero attached hydrogens (tertiary/aromatic N) is 1. The number of rotatable bonds is 3. The number of likely N-dealkylation sites (tertiary alicyclic amines) is 1. The van der Waals surface area contributed by atoms with Crippen molar-refractivity contribution in [3.63, 3.8) is 0 Å². The minimum Gasteiger partial charge on any atom is -0.396 e. The highest BCUT2D eigenvalue weighted by atomic mass is 16.3. The molecule has 3 N–H and O–H groups in total. The molecule has 1 aliphatic carbocycles. The summed E-state index contributed by atoms with van der Waals surface area (Å²) in [5.41, 5.74) is 6.07. The van der Waals surface area contributed by atoms with Crippen LogP contribution in [0, 0.1) is 11.8 Å². The summed E-state index contributed by atoms with van der Waals surface area (Å²) < 4.78 is 0. The third kappa shape index (κ3) is 3.69. The van der Waals surface area contributed by atoms with Crippen LogP contribution in [0.1, 0.15) is 51.9 Å². The van der Waals surface area contributed by atoms with Gasteiger partial charge in [0, 0.05) is 31.2 Å². The monoisotopic (exact) mass is 268 g/mol. The van der Waals surface area contributed by atoms with E-state index in [1.807, 2.05) is 4.90 Å². The Morgan fingerprint density at radius 1 is 1.32 bits per heavy atom. The largest absolute Gasteiger partial charge is 0.396 e. The molecule has 0 aromatic heterocycles. The van der Waals surface area contributed by atoms with Crippen LogP contribution in [-0.4, -0.2) is 41.1 Å². The summed E-state index contributed by atoms with van der Waals surface area (Å²) in [5.74, 6) is 0.956. The van der Waals surface area contributed by atoms with Crippen LogP contribution >= 0.6 is 0 Å². The van der Waals surface area contributed by atoms with Gasteiger partial charge in [-0.1, -0.05) is 6.92 Å². The zero-order valence-electron chi connectivity index (χ0n) is 12.1. The summed E-state index contributed by atoms with van der Waals surface area (Å²) >= 11 is 0. The molecule has 4 heteroatoms. The van der Waals surface area contributed by atoms with Crippen LogP contribution in [0.3, 0.4) is 0 Å². The first-order chi connectivity index (χ1) is 9.11. The summed E-state index contributed by atoms with van der Waals surface area (Å²) in [6.45, 7) is 3.24. The van der Waals surface area contributed by atoms with E-state index in [1.54, 1.807) is 0 Å². The van der Waals surface area contributed by atoms with Crippen molar-refractivity contribution in [2.75, 3.05) is 13.2 Å². The summed E-state index contributed by atoms with van der Waals surface area (Å²) in [6.07, 6.45) is 6.90. The average molecular weight is 268 g/mol. The molecule has 1 saturated heterocycles. The first-order valence-electron chi connectivity index (χ1n) is 7.78. The SMILES string of the molecule is CC1CC(N)CC(C(=O)N2CCCCC2CCO)C1. The Bertz CT molecular complexity index is 297. The van der Waals surface area contributed by atoms with Gasteiger partial charge in [-0.3, -0.25) is 4.79 Å². The maximum Gasteiger partial charge on any atom is 0.226 e. The lowest BCUT2D eigenvalue weighted by Crippen LogP contribution is -2.49. The first kappa shape index (κ1) is 14.8. The summed E-state index contributed by atoms with van der Waals surface area (Å²) in [5, 5.41) is 9.15. The third-order valence-corrected chi connectivity index (χ3v) is 4.70. The molecule has 4 nitrogen and oxygen atoms in total. The molecule has 110 valence electrons. The highest BCUT2D eigenvalue weighted by molar-refractivity contribution is 5.79. The second-order valence-electron chi connectivity index (χ2n) is 6.46.